The maximum Gasteiger partial charge on any atom is 0.422 e. The minimum Gasteiger partial charge on any atom is -0.476 e. The van der Waals surface area contributed by atoms with Crippen LogP contribution in [0.2, 0.25) is 0 Å². The Labute approximate surface area is 159 Å². The summed E-state index contributed by atoms with van der Waals surface area (Å²) >= 11 is 0. The van der Waals surface area contributed by atoms with Crippen LogP contribution < -0.4 is 10.1 Å². The molecule has 0 bridgehead atoms. The zero-order chi connectivity index (χ0) is 20.9. The number of anilines is 1. The van der Waals surface area contributed by atoms with E-state index in [2.05, 4.69) is 15.4 Å². The topological polar surface area (TPSA) is 89.3 Å². The lowest BCUT2D eigenvalue weighted by atomic mass is 10.1. The van der Waals surface area contributed by atoms with Crippen molar-refractivity contribution in [3.63, 3.8) is 0 Å². The number of carboxylic acids is 1. The minimum atomic E-state index is -4.69. The van der Waals surface area contributed by atoms with Crippen LogP contribution in [0.1, 0.15) is 55.2 Å². The van der Waals surface area contributed by atoms with Gasteiger partial charge in [0.25, 0.3) is 0 Å². The summed E-state index contributed by atoms with van der Waals surface area (Å²) in [5.41, 5.74) is -2.00. The molecule has 0 saturated heterocycles. The smallest absolute Gasteiger partial charge is 0.422 e. The van der Waals surface area contributed by atoms with Gasteiger partial charge in [-0.05, 0) is 40.5 Å². The number of aromatic nitrogens is 3. The molecule has 1 saturated carbocycles. The third kappa shape index (κ3) is 3.90. The second-order valence-corrected chi connectivity index (χ2v) is 7.75. The fraction of sp³-hybridized carbons (Fsp3) is 0.500. The van der Waals surface area contributed by atoms with E-state index in [1.54, 1.807) is 20.8 Å². The van der Waals surface area contributed by atoms with Gasteiger partial charge in [0.2, 0.25) is 5.88 Å². The Morgan fingerprint density at radius 1 is 1.29 bits per heavy atom. The third-order valence-corrected chi connectivity index (χ3v) is 4.24. The maximum atomic E-state index is 13.8. The van der Waals surface area contributed by atoms with Gasteiger partial charge in [0.1, 0.15) is 5.56 Å². The Balaban J connectivity index is 2.13. The van der Waals surface area contributed by atoms with Gasteiger partial charge in [0.15, 0.2) is 11.4 Å². The average molecular weight is 398 g/mol. The van der Waals surface area contributed by atoms with Crippen molar-refractivity contribution >= 4 is 11.7 Å². The molecule has 3 rings (SSSR count). The van der Waals surface area contributed by atoms with Crippen LogP contribution in [0.15, 0.2) is 12.4 Å². The van der Waals surface area contributed by atoms with Gasteiger partial charge in [0, 0.05) is 11.6 Å². The lowest BCUT2D eigenvalue weighted by molar-refractivity contribution is -0.138. The van der Waals surface area contributed by atoms with Crippen LogP contribution in [0.3, 0.4) is 0 Å². The molecule has 152 valence electrons. The van der Waals surface area contributed by atoms with Crippen molar-refractivity contribution in [2.45, 2.75) is 58.3 Å². The number of nitrogens with one attached hydrogen (secondary N) is 1. The molecule has 2 aromatic rings. The zero-order valence-electron chi connectivity index (χ0n) is 15.9. The molecule has 0 spiro atoms. The molecule has 2 N–H and O–H groups in total. The molecule has 1 fully saturated rings. The van der Waals surface area contributed by atoms with Gasteiger partial charge in [-0.1, -0.05) is 0 Å². The molecule has 10 heteroatoms. The van der Waals surface area contributed by atoms with E-state index in [1.807, 2.05) is 0 Å². The summed E-state index contributed by atoms with van der Waals surface area (Å²) in [7, 11) is 0. The van der Waals surface area contributed by atoms with Crippen LogP contribution in [0.25, 0.3) is 0 Å². The highest BCUT2D eigenvalue weighted by Gasteiger charge is 2.40. The number of hydrogen-bond donors (Lipinski definition) is 2. The third-order valence-electron chi connectivity index (χ3n) is 4.24. The molecule has 0 aliphatic heterocycles. The summed E-state index contributed by atoms with van der Waals surface area (Å²) in [5, 5.41) is 16.2. The second-order valence-electron chi connectivity index (χ2n) is 7.75. The van der Waals surface area contributed by atoms with Crippen LogP contribution >= 0.6 is 0 Å². The van der Waals surface area contributed by atoms with Gasteiger partial charge in [-0.15, -0.1) is 0 Å². The molecule has 2 aromatic heterocycles. The normalized spacial score (nSPS) is 14.8. The van der Waals surface area contributed by atoms with E-state index in [4.69, 9.17) is 4.74 Å². The lowest BCUT2D eigenvalue weighted by Gasteiger charge is -2.23. The van der Waals surface area contributed by atoms with Crippen LogP contribution in [0, 0.1) is 6.92 Å². The number of nitrogens with zero attached hydrogens (tertiary/aromatic N) is 3. The van der Waals surface area contributed by atoms with Gasteiger partial charge in [-0.2, -0.15) is 18.3 Å². The van der Waals surface area contributed by atoms with Gasteiger partial charge in [-0.25, -0.2) is 9.48 Å². The first kappa shape index (κ1) is 20.0. The van der Waals surface area contributed by atoms with Crippen LogP contribution in [0.5, 0.6) is 11.6 Å². The highest BCUT2D eigenvalue weighted by atomic mass is 19.4. The highest BCUT2D eigenvalue weighted by Crippen LogP contribution is 2.44. The molecule has 0 radical (unpaired) electrons. The molecule has 1 aliphatic rings. The number of pyridine rings is 1. The van der Waals surface area contributed by atoms with Gasteiger partial charge in [0.05, 0.1) is 23.6 Å². The number of aromatic carboxylic acids is 1. The number of carboxylic acid groups (broad SMARTS) is 1. The molecular weight excluding hydrogens is 377 g/mol. The minimum absolute atomic E-state index is 0.0152. The summed E-state index contributed by atoms with van der Waals surface area (Å²) in [4.78, 5) is 15.3. The summed E-state index contributed by atoms with van der Waals surface area (Å²) < 4.78 is 48.2. The van der Waals surface area contributed by atoms with E-state index in [1.165, 1.54) is 11.6 Å². The maximum absolute atomic E-state index is 13.8. The van der Waals surface area contributed by atoms with E-state index in [0.717, 1.165) is 25.2 Å². The van der Waals surface area contributed by atoms with Crippen molar-refractivity contribution in [1.29, 1.82) is 0 Å². The van der Waals surface area contributed by atoms with Crippen molar-refractivity contribution in [3.05, 3.63) is 29.2 Å². The van der Waals surface area contributed by atoms with Crippen molar-refractivity contribution in [1.82, 2.24) is 14.8 Å². The number of hydrogen-bond acceptors (Lipinski definition) is 5. The van der Waals surface area contributed by atoms with E-state index < -0.39 is 29.0 Å². The van der Waals surface area contributed by atoms with E-state index in [0.29, 0.717) is 0 Å². The van der Waals surface area contributed by atoms with Gasteiger partial charge in [-0.3, -0.25) is 4.98 Å². The van der Waals surface area contributed by atoms with E-state index in [-0.39, 0.29) is 28.9 Å². The quantitative estimate of drug-likeness (QED) is 0.775. The largest absolute Gasteiger partial charge is 0.476 e. The Morgan fingerprint density at radius 2 is 1.93 bits per heavy atom. The molecule has 1 aliphatic carbocycles. The molecule has 0 atom stereocenters. The highest BCUT2D eigenvalue weighted by molar-refractivity contribution is 5.87. The fourth-order valence-corrected chi connectivity index (χ4v) is 2.73. The Hall–Kier alpha value is -2.78. The standard InChI is InChI=1S/C18H21F3N4O3/c1-9-14(16(26)27)24-25(17(2,3)4)15(9)28-12-8-22-7-11(23-10-5-6-10)13(12)18(19,20)21/h7-8,10,23H,5-6H2,1-4H3,(H,26,27). The molecular formula is C18H21F3N4O3. The number of carbonyl (C=O) groups is 1. The predicted octanol–water partition coefficient (Wildman–Crippen LogP) is 4.43. The molecule has 0 aromatic carbocycles. The molecule has 7 nitrogen and oxygen atoms in total. The lowest BCUT2D eigenvalue weighted by Crippen LogP contribution is -2.24. The van der Waals surface area contributed by atoms with Crippen molar-refractivity contribution in [3.8, 4) is 11.6 Å². The molecule has 28 heavy (non-hydrogen) atoms. The molecule has 0 amide bonds. The second kappa shape index (κ2) is 6.68. The van der Waals surface area contributed by atoms with Crippen LogP contribution in [0.4, 0.5) is 18.9 Å². The number of alkyl halides is 3. The summed E-state index contributed by atoms with van der Waals surface area (Å²) in [6.07, 6.45) is -1.02. The van der Waals surface area contributed by atoms with E-state index >= 15 is 0 Å². The summed E-state index contributed by atoms with van der Waals surface area (Å²) in [5.74, 6) is -1.87. The first-order valence-corrected chi connectivity index (χ1v) is 8.72. The zero-order valence-corrected chi connectivity index (χ0v) is 15.9. The van der Waals surface area contributed by atoms with Crippen LogP contribution in [-0.4, -0.2) is 31.9 Å². The molecule has 2 heterocycles. The number of ether oxygens (including phenoxy) is 1. The Kier molecular flexibility index (Phi) is 4.76. The Bertz CT molecular complexity index is 912. The molecule has 0 unspecified atom stereocenters. The van der Waals surface area contributed by atoms with E-state index in [9.17, 15) is 23.1 Å². The van der Waals surface area contributed by atoms with Crippen molar-refractivity contribution in [2.75, 3.05) is 5.32 Å². The summed E-state index contributed by atoms with van der Waals surface area (Å²) in [6.45, 7) is 6.67. The fourth-order valence-electron chi connectivity index (χ4n) is 2.73. The first-order chi connectivity index (χ1) is 12.9. The van der Waals surface area contributed by atoms with Gasteiger partial charge >= 0.3 is 12.1 Å². The SMILES string of the molecule is Cc1c(C(=O)O)nn(C(C)(C)C)c1Oc1cncc(NC2CC2)c1C(F)(F)F. The van der Waals surface area contributed by atoms with Crippen LogP contribution in [-0.2, 0) is 11.7 Å². The summed E-state index contributed by atoms with van der Waals surface area (Å²) in [6, 6.07) is -0.0152. The average Bonchev–Trinajstić information content (AvgIpc) is 3.28. The number of halogens is 3. The first-order valence-electron chi connectivity index (χ1n) is 8.72. The number of rotatable bonds is 5. The predicted molar refractivity (Wildman–Crippen MR) is 94.9 cm³/mol. The monoisotopic (exact) mass is 398 g/mol. The Morgan fingerprint density at radius 3 is 2.43 bits per heavy atom. The van der Waals surface area contributed by atoms with Crippen molar-refractivity contribution < 1.29 is 27.8 Å². The van der Waals surface area contributed by atoms with Crippen molar-refractivity contribution in [2.24, 2.45) is 0 Å². The van der Waals surface area contributed by atoms with Gasteiger partial charge < -0.3 is 15.2 Å².